The van der Waals surface area contributed by atoms with Crippen LogP contribution >= 0.6 is 0 Å². The van der Waals surface area contributed by atoms with E-state index in [-0.39, 0.29) is 25.2 Å². The van der Waals surface area contributed by atoms with Crippen LogP contribution in [0.3, 0.4) is 0 Å². The average molecular weight is 371 g/mol. The van der Waals surface area contributed by atoms with Crippen LogP contribution in [-0.2, 0) is 14.3 Å². The summed E-state index contributed by atoms with van der Waals surface area (Å²) in [6, 6.07) is 16.5. The number of carbonyl (C=O) groups is 2. The number of benzene rings is 2. The van der Waals surface area contributed by atoms with Crippen LogP contribution in [0.2, 0.25) is 0 Å². The highest BCUT2D eigenvalue weighted by Crippen LogP contribution is 2.26. The van der Waals surface area contributed by atoms with Gasteiger partial charge in [0.05, 0.1) is 12.6 Å². The lowest BCUT2D eigenvalue weighted by molar-refractivity contribution is -0.150. The molecule has 1 amide bonds. The van der Waals surface area contributed by atoms with Gasteiger partial charge in [-0.25, -0.2) is 4.79 Å². The summed E-state index contributed by atoms with van der Waals surface area (Å²) in [7, 11) is 0. The molecular weight excluding hydrogens is 346 g/mol. The lowest BCUT2D eigenvalue weighted by atomic mass is 10.1. The van der Waals surface area contributed by atoms with Gasteiger partial charge in [-0.3, -0.25) is 4.79 Å². The third kappa shape index (κ3) is 7.01. The molecule has 0 fully saturated rings. The predicted molar refractivity (Wildman–Crippen MR) is 102 cm³/mol. The highest BCUT2D eigenvalue weighted by Gasteiger charge is 2.13. The lowest BCUT2D eigenvalue weighted by Crippen LogP contribution is -2.31. The minimum atomic E-state index is -0.622. The first kappa shape index (κ1) is 20.3. The van der Waals surface area contributed by atoms with E-state index in [1.165, 1.54) is 0 Å². The van der Waals surface area contributed by atoms with E-state index in [1.54, 1.807) is 18.2 Å². The number of rotatable bonds is 10. The summed E-state index contributed by atoms with van der Waals surface area (Å²) in [5.41, 5.74) is 0.976. The van der Waals surface area contributed by atoms with Gasteiger partial charge in [0.25, 0.3) is 5.91 Å². The zero-order valence-electron chi connectivity index (χ0n) is 15.6. The van der Waals surface area contributed by atoms with Crippen LogP contribution in [0, 0.1) is 0 Å². The third-order valence-electron chi connectivity index (χ3n) is 3.70. The van der Waals surface area contributed by atoms with E-state index in [1.807, 2.05) is 50.2 Å². The number of carbonyl (C=O) groups excluding carboxylic acids is 2. The number of para-hydroxylation sites is 2. The highest BCUT2D eigenvalue weighted by molar-refractivity contribution is 5.81. The molecular formula is C21H25NO5. The fourth-order valence-electron chi connectivity index (χ4n) is 2.33. The van der Waals surface area contributed by atoms with E-state index in [0.29, 0.717) is 18.1 Å². The van der Waals surface area contributed by atoms with Gasteiger partial charge in [0.15, 0.2) is 24.7 Å². The van der Waals surface area contributed by atoms with E-state index in [4.69, 9.17) is 14.2 Å². The van der Waals surface area contributed by atoms with Gasteiger partial charge >= 0.3 is 5.97 Å². The second kappa shape index (κ2) is 10.9. The van der Waals surface area contributed by atoms with E-state index in [0.717, 1.165) is 12.0 Å². The predicted octanol–water partition coefficient (Wildman–Crippen LogP) is 3.27. The van der Waals surface area contributed by atoms with Gasteiger partial charge in [0.1, 0.15) is 0 Å². The molecule has 0 aliphatic rings. The molecule has 2 aromatic carbocycles. The number of nitrogens with one attached hydrogen (secondary N) is 1. The fourth-order valence-corrected chi connectivity index (χ4v) is 2.33. The Balaban J connectivity index is 1.74. The lowest BCUT2D eigenvalue weighted by Gasteiger charge is -2.14. The number of hydrogen-bond acceptors (Lipinski definition) is 5. The molecule has 0 heterocycles. The minimum Gasteiger partial charge on any atom is -0.490 e. The Kier molecular flexibility index (Phi) is 8.16. The Hall–Kier alpha value is -3.02. The molecule has 0 aromatic heterocycles. The van der Waals surface area contributed by atoms with Crippen molar-refractivity contribution < 1.29 is 23.8 Å². The third-order valence-corrected chi connectivity index (χ3v) is 3.70. The van der Waals surface area contributed by atoms with Gasteiger partial charge in [0.2, 0.25) is 0 Å². The molecule has 2 aromatic rings. The second-order valence-electron chi connectivity index (χ2n) is 5.94. The van der Waals surface area contributed by atoms with Crippen molar-refractivity contribution in [3.63, 3.8) is 0 Å². The van der Waals surface area contributed by atoms with Crippen LogP contribution in [0.5, 0.6) is 11.5 Å². The summed E-state index contributed by atoms with van der Waals surface area (Å²) in [6.45, 7) is 3.78. The van der Waals surface area contributed by atoms with Crippen molar-refractivity contribution >= 4 is 11.9 Å². The molecule has 0 saturated carbocycles. The van der Waals surface area contributed by atoms with Gasteiger partial charge in [-0.05, 0) is 31.0 Å². The number of ether oxygens (including phenoxy) is 3. The first-order valence-electron chi connectivity index (χ1n) is 8.94. The molecule has 0 aliphatic heterocycles. The molecule has 1 atom stereocenters. The van der Waals surface area contributed by atoms with E-state index in [9.17, 15) is 9.59 Å². The van der Waals surface area contributed by atoms with Gasteiger partial charge in [-0.15, -0.1) is 0 Å². The summed E-state index contributed by atoms with van der Waals surface area (Å²) in [5.74, 6) is 0.0424. The molecule has 2 rings (SSSR count). The number of hydrogen-bond donors (Lipinski definition) is 1. The number of esters is 1. The Morgan fingerprint density at radius 3 is 2.22 bits per heavy atom. The van der Waals surface area contributed by atoms with Crippen LogP contribution in [0.15, 0.2) is 54.6 Å². The molecule has 0 aliphatic carbocycles. The largest absolute Gasteiger partial charge is 0.490 e. The summed E-state index contributed by atoms with van der Waals surface area (Å²) in [6.07, 6.45) is 0.868. The van der Waals surface area contributed by atoms with Gasteiger partial charge in [-0.1, -0.05) is 49.4 Å². The molecule has 0 spiro atoms. The minimum absolute atomic E-state index is 0.170. The zero-order chi connectivity index (χ0) is 19.5. The molecule has 27 heavy (non-hydrogen) atoms. The Morgan fingerprint density at radius 1 is 0.926 bits per heavy atom. The van der Waals surface area contributed by atoms with E-state index in [2.05, 4.69) is 5.32 Å². The van der Waals surface area contributed by atoms with Crippen LogP contribution in [-0.4, -0.2) is 31.7 Å². The van der Waals surface area contributed by atoms with Crippen molar-refractivity contribution in [2.24, 2.45) is 0 Å². The van der Waals surface area contributed by atoms with Crippen molar-refractivity contribution in [2.45, 2.75) is 26.3 Å². The maximum Gasteiger partial charge on any atom is 0.344 e. The standard InChI is InChI=1S/C21H25NO5/c1-3-13-25-18-11-7-8-12-19(18)26-15-21(24)27-14-20(23)22-16(2)17-9-5-4-6-10-17/h4-12,16H,3,13-15H2,1-2H3,(H,22,23)/t16-/m0/s1. The normalized spacial score (nSPS) is 11.3. The highest BCUT2D eigenvalue weighted by atomic mass is 16.6. The van der Waals surface area contributed by atoms with E-state index >= 15 is 0 Å². The average Bonchev–Trinajstić information content (AvgIpc) is 2.70. The first-order valence-corrected chi connectivity index (χ1v) is 8.94. The SMILES string of the molecule is CCCOc1ccccc1OCC(=O)OCC(=O)N[C@@H](C)c1ccccc1. The first-order chi connectivity index (χ1) is 13.1. The fraction of sp³-hybridized carbons (Fsp3) is 0.333. The molecule has 144 valence electrons. The molecule has 1 N–H and O–H groups in total. The molecule has 6 nitrogen and oxygen atoms in total. The van der Waals surface area contributed by atoms with Crippen molar-refractivity contribution in [1.29, 1.82) is 0 Å². The number of amides is 1. The maximum absolute atomic E-state index is 11.9. The second-order valence-corrected chi connectivity index (χ2v) is 5.94. The summed E-state index contributed by atoms with van der Waals surface area (Å²) in [5, 5.41) is 2.78. The smallest absolute Gasteiger partial charge is 0.344 e. The van der Waals surface area contributed by atoms with Crippen molar-refractivity contribution in [3.05, 3.63) is 60.2 Å². The van der Waals surface area contributed by atoms with Crippen molar-refractivity contribution in [2.75, 3.05) is 19.8 Å². The summed E-state index contributed by atoms with van der Waals surface area (Å²) >= 11 is 0. The van der Waals surface area contributed by atoms with Gasteiger partial charge < -0.3 is 19.5 Å². The molecule has 0 saturated heterocycles. The topological polar surface area (TPSA) is 73.9 Å². The van der Waals surface area contributed by atoms with Crippen molar-refractivity contribution in [1.82, 2.24) is 5.32 Å². The van der Waals surface area contributed by atoms with E-state index < -0.39 is 5.97 Å². The van der Waals surface area contributed by atoms with Gasteiger partial charge in [0, 0.05) is 0 Å². The molecule has 0 radical (unpaired) electrons. The molecule has 0 unspecified atom stereocenters. The zero-order valence-corrected chi connectivity index (χ0v) is 15.6. The summed E-state index contributed by atoms with van der Waals surface area (Å²) in [4.78, 5) is 23.8. The Morgan fingerprint density at radius 2 is 1.56 bits per heavy atom. The van der Waals surface area contributed by atoms with Crippen molar-refractivity contribution in [3.8, 4) is 11.5 Å². The van der Waals surface area contributed by atoms with Crippen LogP contribution in [0.4, 0.5) is 0 Å². The Labute approximate surface area is 159 Å². The maximum atomic E-state index is 11.9. The summed E-state index contributed by atoms with van der Waals surface area (Å²) < 4.78 is 16.0. The Bertz CT molecular complexity index is 732. The van der Waals surface area contributed by atoms with Crippen LogP contribution in [0.1, 0.15) is 31.9 Å². The monoisotopic (exact) mass is 371 g/mol. The quantitative estimate of drug-likeness (QED) is 0.649. The molecule has 0 bridgehead atoms. The van der Waals surface area contributed by atoms with Gasteiger partial charge in [-0.2, -0.15) is 0 Å². The molecule has 6 heteroatoms. The van der Waals surface area contributed by atoms with Crippen LogP contribution in [0.25, 0.3) is 0 Å². The van der Waals surface area contributed by atoms with Crippen LogP contribution < -0.4 is 14.8 Å².